The zero-order valence-electron chi connectivity index (χ0n) is 12.4. The number of non-ortho nitro benzene ring substituents is 1. The molecule has 1 aliphatic rings. The fourth-order valence-electron chi connectivity index (χ4n) is 2.95. The molecule has 0 fully saturated rings. The Bertz CT molecular complexity index is 756. The van der Waals surface area contributed by atoms with Crippen LogP contribution in [0.25, 0.3) is 0 Å². The molecule has 6 nitrogen and oxygen atoms in total. The normalized spacial score (nSPS) is 15.9. The third-order valence-electron chi connectivity index (χ3n) is 4.09. The number of amides is 1. The molecule has 0 spiro atoms. The largest absolute Gasteiger partial charge is 0.508 e. The number of rotatable bonds is 4. The summed E-state index contributed by atoms with van der Waals surface area (Å²) in [6.07, 6.45) is 1.67. The minimum absolute atomic E-state index is 0.00866. The monoisotopic (exact) mass is 312 g/mol. The summed E-state index contributed by atoms with van der Waals surface area (Å²) in [5.74, 6) is 0.134. The van der Waals surface area contributed by atoms with Crippen molar-refractivity contribution in [2.75, 3.05) is 0 Å². The van der Waals surface area contributed by atoms with Gasteiger partial charge in [0.1, 0.15) is 5.75 Å². The number of aromatic hydroxyl groups is 1. The molecule has 23 heavy (non-hydrogen) atoms. The van der Waals surface area contributed by atoms with Gasteiger partial charge in [-0.25, -0.2) is 0 Å². The van der Waals surface area contributed by atoms with Gasteiger partial charge in [-0.3, -0.25) is 14.9 Å². The van der Waals surface area contributed by atoms with E-state index in [0.717, 1.165) is 29.5 Å². The van der Waals surface area contributed by atoms with E-state index in [1.807, 2.05) is 6.07 Å². The van der Waals surface area contributed by atoms with Gasteiger partial charge in [-0.15, -0.1) is 0 Å². The molecule has 0 heterocycles. The molecule has 0 saturated heterocycles. The molecule has 6 heteroatoms. The van der Waals surface area contributed by atoms with Crippen molar-refractivity contribution in [2.24, 2.45) is 0 Å². The first kappa shape index (κ1) is 15.0. The number of fused-ring (bicyclic) bond motifs is 1. The number of nitro benzene ring substituents is 1. The molecule has 0 bridgehead atoms. The van der Waals surface area contributed by atoms with E-state index in [-0.39, 0.29) is 29.8 Å². The van der Waals surface area contributed by atoms with Crippen molar-refractivity contribution in [3.63, 3.8) is 0 Å². The molecule has 0 saturated carbocycles. The van der Waals surface area contributed by atoms with Gasteiger partial charge in [-0.1, -0.05) is 24.3 Å². The van der Waals surface area contributed by atoms with Crippen LogP contribution in [0.3, 0.4) is 0 Å². The topological polar surface area (TPSA) is 92.5 Å². The molecule has 2 aromatic carbocycles. The molecule has 1 aliphatic carbocycles. The lowest BCUT2D eigenvalue weighted by Gasteiger charge is -2.14. The van der Waals surface area contributed by atoms with E-state index in [4.69, 9.17) is 0 Å². The van der Waals surface area contributed by atoms with Crippen molar-refractivity contribution >= 4 is 11.6 Å². The Kier molecular flexibility index (Phi) is 3.97. The summed E-state index contributed by atoms with van der Waals surface area (Å²) in [4.78, 5) is 22.3. The van der Waals surface area contributed by atoms with Gasteiger partial charge < -0.3 is 10.4 Å². The van der Waals surface area contributed by atoms with E-state index in [9.17, 15) is 20.0 Å². The van der Waals surface area contributed by atoms with Gasteiger partial charge in [0.2, 0.25) is 5.91 Å². The number of carbonyl (C=O) groups excluding carboxylic acids is 1. The second-order valence-corrected chi connectivity index (χ2v) is 5.60. The Labute approximate surface area is 132 Å². The van der Waals surface area contributed by atoms with Crippen molar-refractivity contribution in [3.05, 3.63) is 69.3 Å². The molecule has 0 aliphatic heterocycles. The van der Waals surface area contributed by atoms with Gasteiger partial charge in [0.05, 0.1) is 17.4 Å². The molecule has 1 amide bonds. The lowest BCUT2D eigenvalue weighted by molar-refractivity contribution is -0.384. The maximum atomic E-state index is 12.2. The zero-order valence-corrected chi connectivity index (χ0v) is 12.4. The van der Waals surface area contributed by atoms with E-state index in [1.165, 1.54) is 12.1 Å². The second kappa shape index (κ2) is 6.08. The van der Waals surface area contributed by atoms with E-state index >= 15 is 0 Å². The van der Waals surface area contributed by atoms with E-state index < -0.39 is 4.92 Å². The molecule has 0 radical (unpaired) electrons. The van der Waals surface area contributed by atoms with Gasteiger partial charge in [-0.05, 0) is 35.6 Å². The molecular weight excluding hydrogens is 296 g/mol. The van der Waals surface area contributed by atoms with Crippen LogP contribution in [0.4, 0.5) is 5.69 Å². The summed E-state index contributed by atoms with van der Waals surface area (Å²) in [5, 5.41) is 23.4. The number of nitrogens with zero attached hydrogens (tertiary/aromatic N) is 1. The minimum Gasteiger partial charge on any atom is -0.508 e. The summed E-state index contributed by atoms with van der Waals surface area (Å²) in [5.41, 5.74) is 2.59. The Hall–Kier alpha value is -2.89. The SMILES string of the molecule is O=C(Cc1ccc([N+](=O)[O-])cc1)N[C@@H]1CCc2c(O)cccc21. The van der Waals surface area contributed by atoms with Crippen LogP contribution in [0.5, 0.6) is 5.75 Å². The summed E-state index contributed by atoms with van der Waals surface area (Å²) >= 11 is 0. The summed E-state index contributed by atoms with van der Waals surface area (Å²) in [6, 6.07) is 11.2. The number of nitrogens with one attached hydrogen (secondary N) is 1. The van der Waals surface area contributed by atoms with Crippen molar-refractivity contribution in [3.8, 4) is 5.75 Å². The van der Waals surface area contributed by atoms with Crippen LogP contribution in [-0.2, 0) is 17.6 Å². The average molecular weight is 312 g/mol. The fraction of sp³-hybridized carbons (Fsp3) is 0.235. The number of hydrogen-bond acceptors (Lipinski definition) is 4. The number of hydrogen-bond donors (Lipinski definition) is 2. The molecule has 118 valence electrons. The minimum atomic E-state index is -0.466. The van der Waals surface area contributed by atoms with Crippen LogP contribution in [0.1, 0.15) is 29.2 Å². The smallest absolute Gasteiger partial charge is 0.269 e. The van der Waals surface area contributed by atoms with Crippen LogP contribution in [0, 0.1) is 10.1 Å². The van der Waals surface area contributed by atoms with Crippen LogP contribution in [0.2, 0.25) is 0 Å². The summed E-state index contributed by atoms with van der Waals surface area (Å²) < 4.78 is 0. The van der Waals surface area contributed by atoms with Crippen LogP contribution in [0.15, 0.2) is 42.5 Å². The standard InChI is InChI=1S/C17H16N2O4/c20-16-3-1-2-13-14(16)8-9-15(13)18-17(21)10-11-4-6-12(7-5-11)19(22)23/h1-7,15,20H,8-10H2,(H,18,21)/t15-/m1/s1. The highest BCUT2D eigenvalue weighted by Crippen LogP contribution is 2.36. The molecule has 0 aromatic heterocycles. The number of benzene rings is 2. The van der Waals surface area contributed by atoms with Gasteiger partial charge >= 0.3 is 0 Å². The van der Waals surface area contributed by atoms with Crippen molar-refractivity contribution in [1.29, 1.82) is 0 Å². The Morgan fingerprint density at radius 2 is 2.00 bits per heavy atom. The first-order valence-corrected chi connectivity index (χ1v) is 7.38. The fourth-order valence-corrected chi connectivity index (χ4v) is 2.95. The Balaban J connectivity index is 1.65. The number of carbonyl (C=O) groups is 1. The second-order valence-electron chi connectivity index (χ2n) is 5.60. The zero-order chi connectivity index (χ0) is 16.4. The number of phenols is 1. The Morgan fingerprint density at radius 1 is 1.26 bits per heavy atom. The van der Waals surface area contributed by atoms with Crippen molar-refractivity contribution in [2.45, 2.75) is 25.3 Å². The summed E-state index contributed by atoms with van der Waals surface area (Å²) in [6.45, 7) is 0. The molecule has 1 atom stereocenters. The van der Waals surface area contributed by atoms with Crippen LogP contribution < -0.4 is 5.32 Å². The lowest BCUT2D eigenvalue weighted by atomic mass is 10.1. The van der Waals surface area contributed by atoms with Gasteiger partial charge in [-0.2, -0.15) is 0 Å². The van der Waals surface area contributed by atoms with E-state index in [1.54, 1.807) is 24.3 Å². The van der Waals surface area contributed by atoms with Crippen LogP contribution in [-0.4, -0.2) is 15.9 Å². The van der Waals surface area contributed by atoms with Gasteiger partial charge in [0.15, 0.2) is 0 Å². The highest BCUT2D eigenvalue weighted by atomic mass is 16.6. The van der Waals surface area contributed by atoms with E-state index in [0.29, 0.717) is 0 Å². The third kappa shape index (κ3) is 3.15. The van der Waals surface area contributed by atoms with Crippen molar-refractivity contribution < 1.29 is 14.8 Å². The Morgan fingerprint density at radius 3 is 2.70 bits per heavy atom. The molecule has 2 aromatic rings. The highest BCUT2D eigenvalue weighted by Gasteiger charge is 2.25. The first-order valence-electron chi connectivity index (χ1n) is 7.38. The predicted octanol–water partition coefficient (Wildman–Crippen LogP) is 2.65. The first-order chi connectivity index (χ1) is 11.0. The average Bonchev–Trinajstić information content (AvgIpc) is 2.92. The summed E-state index contributed by atoms with van der Waals surface area (Å²) in [7, 11) is 0. The highest BCUT2D eigenvalue weighted by molar-refractivity contribution is 5.79. The van der Waals surface area contributed by atoms with Gasteiger partial charge in [0, 0.05) is 12.1 Å². The molecule has 2 N–H and O–H groups in total. The third-order valence-corrected chi connectivity index (χ3v) is 4.09. The number of nitro groups is 1. The predicted molar refractivity (Wildman–Crippen MR) is 84.1 cm³/mol. The van der Waals surface area contributed by atoms with Crippen molar-refractivity contribution in [1.82, 2.24) is 5.32 Å². The molecule has 0 unspecified atom stereocenters. The van der Waals surface area contributed by atoms with Crippen LogP contribution >= 0.6 is 0 Å². The number of phenolic OH excluding ortho intramolecular Hbond substituents is 1. The maximum absolute atomic E-state index is 12.2. The van der Waals surface area contributed by atoms with Gasteiger partial charge in [0.25, 0.3) is 5.69 Å². The molecule has 3 rings (SSSR count). The maximum Gasteiger partial charge on any atom is 0.269 e. The lowest BCUT2D eigenvalue weighted by Crippen LogP contribution is -2.28. The molecular formula is C17H16N2O4. The quantitative estimate of drug-likeness (QED) is 0.670. The van der Waals surface area contributed by atoms with E-state index in [2.05, 4.69) is 5.32 Å².